The fraction of sp³-hybridized carbons (Fsp3) is 0.600. The van der Waals surface area contributed by atoms with Crippen molar-refractivity contribution < 1.29 is 14.2 Å². The Morgan fingerprint density at radius 1 is 1.32 bits per heavy atom. The van der Waals surface area contributed by atoms with Crippen LogP contribution in [0.1, 0.15) is 18.9 Å². The SMILES string of the molecule is CCc1cccc(OC2CC(N)C2OCCOC)c1. The van der Waals surface area contributed by atoms with Crippen LogP contribution in [0.15, 0.2) is 24.3 Å². The molecule has 0 heterocycles. The van der Waals surface area contributed by atoms with Gasteiger partial charge in [-0.2, -0.15) is 0 Å². The van der Waals surface area contributed by atoms with Crippen LogP contribution in [0.5, 0.6) is 5.75 Å². The van der Waals surface area contributed by atoms with E-state index in [-0.39, 0.29) is 18.2 Å². The van der Waals surface area contributed by atoms with Gasteiger partial charge in [0, 0.05) is 19.6 Å². The van der Waals surface area contributed by atoms with E-state index in [9.17, 15) is 0 Å². The second kappa shape index (κ2) is 6.89. The summed E-state index contributed by atoms with van der Waals surface area (Å²) in [4.78, 5) is 0. The first kappa shape index (κ1) is 14.3. The van der Waals surface area contributed by atoms with Crippen LogP contribution < -0.4 is 10.5 Å². The van der Waals surface area contributed by atoms with Crippen molar-refractivity contribution in [1.82, 2.24) is 0 Å². The molecule has 0 radical (unpaired) electrons. The first-order valence-corrected chi connectivity index (χ1v) is 6.86. The molecule has 2 rings (SSSR count). The molecular weight excluding hydrogens is 242 g/mol. The van der Waals surface area contributed by atoms with E-state index >= 15 is 0 Å². The number of rotatable bonds is 7. The Labute approximate surface area is 114 Å². The zero-order valence-electron chi connectivity index (χ0n) is 11.7. The van der Waals surface area contributed by atoms with E-state index in [1.165, 1.54) is 5.56 Å². The van der Waals surface area contributed by atoms with Crippen molar-refractivity contribution in [2.75, 3.05) is 20.3 Å². The van der Waals surface area contributed by atoms with Gasteiger partial charge in [0.2, 0.25) is 0 Å². The standard InChI is InChI=1S/C15H23NO3/c1-3-11-5-4-6-12(9-11)19-14-10-13(16)15(14)18-8-7-17-2/h4-6,9,13-15H,3,7-8,10,16H2,1-2H3. The average molecular weight is 265 g/mol. The van der Waals surface area contributed by atoms with Gasteiger partial charge in [0.25, 0.3) is 0 Å². The van der Waals surface area contributed by atoms with E-state index in [1.54, 1.807) is 7.11 Å². The molecule has 0 aromatic heterocycles. The molecule has 19 heavy (non-hydrogen) atoms. The molecule has 0 spiro atoms. The molecule has 4 heteroatoms. The third-order valence-electron chi connectivity index (χ3n) is 3.48. The van der Waals surface area contributed by atoms with E-state index in [4.69, 9.17) is 19.9 Å². The Morgan fingerprint density at radius 3 is 2.84 bits per heavy atom. The highest BCUT2D eigenvalue weighted by molar-refractivity contribution is 5.29. The van der Waals surface area contributed by atoms with E-state index in [2.05, 4.69) is 19.1 Å². The van der Waals surface area contributed by atoms with Crippen molar-refractivity contribution in [2.45, 2.75) is 38.0 Å². The Morgan fingerprint density at radius 2 is 2.16 bits per heavy atom. The third kappa shape index (κ3) is 3.69. The van der Waals surface area contributed by atoms with Crippen LogP contribution in [-0.2, 0) is 15.9 Å². The maximum absolute atomic E-state index is 5.96. The lowest BCUT2D eigenvalue weighted by Gasteiger charge is -2.41. The molecule has 3 atom stereocenters. The highest BCUT2D eigenvalue weighted by Crippen LogP contribution is 2.28. The number of aryl methyl sites for hydroxylation is 1. The molecule has 106 valence electrons. The van der Waals surface area contributed by atoms with E-state index in [1.807, 2.05) is 12.1 Å². The summed E-state index contributed by atoms with van der Waals surface area (Å²) >= 11 is 0. The van der Waals surface area contributed by atoms with Crippen molar-refractivity contribution in [3.05, 3.63) is 29.8 Å². The molecule has 4 nitrogen and oxygen atoms in total. The van der Waals surface area contributed by atoms with Crippen LogP contribution in [-0.4, -0.2) is 38.6 Å². The van der Waals surface area contributed by atoms with Gasteiger partial charge in [-0.15, -0.1) is 0 Å². The zero-order valence-corrected chi connectivity index (χ0v) is 11.7. The number of methoxy groups -OCH3 is 1. The van der Waals surface area contributed by atoms with Crippen molar-refractivity contribution in [1.29, 1.82) is 0 Å². The summed E-state index contributed by atoms with van der Waals surface area (Å²) in [6.45, 7) is 3.28. The second-order valence-corrected chi connectivity index (χ2v) is 4.89. The lowest BCUT2D eigenvalue weighted by molar-refractivity contribution is -0.107. The van der Waals surface area contributed by atoms with Gasteiger partial charge in [-0.05, 0) is 24.1 Å². The molecule has 0 amide bonds. The molecule has 1 fully saturated rings. The van der Waals surface area contributed by atoms with Crippen molar-refractivity contribution in [3.63, 3.8) is 0 Å². The van der Waals surface area contributed by atoms with Crippen molar-refractivity contribution >= 4 is 0 Å². The van der Waals surface area contributed by atoms with E-state index in [0.717, 1.165) is 18.6 Å². The quantitative estimate of drug-likeness (QED) is 0.763. The molecule has 1 aliphatic carbocycles. The summed E-state index contributed by atoms with van der Waals surface area (Å²) in [5.41, 5.74) is 7.24. The molecule has 2 N–H and O–H groups in total. The van der Waals surface area contributed by atoms with Gasteiger partial charge in [0.05, 0.1) is 13.2 Å². The minimum Gasteiger partial charge on any atom is -0.488 e. The molecular formula is C15H23NO3. The Hall–Kier alpha value is -1.10. The van der Waals surface area contributed by atoms with Crippen LogP contribution >= 0.6 is 0 Å². The minimum atomic E-state index is -0.0274. The van der Waals surface area contributed by atoms with Gasteiger partial charge in [0.15, 0.2) is 0 Å². The topological polar surface area (TPSA) is 53.7 Å². The van der Waals surface area contributed by atoms with Crippen LogP contribution in [0.25, 0.3) is 0 Å². The summed E-state index contributed by atoms with van der Waals surface area (Å²) in [5.74, 6) is 0.900. The Balaban J connectivity index is 1.87. The highest BCUT2D eigenvalue weighted by Gasteiger charge is 2.41. The van der Waals surface area contributed by atoms with Gasteiger partial charge < -0.3 is 19.9 Å². The lowest BCUT2D eigenvalue weighted by Crippen LogP contribution is -2.59. The predicted molar refractivity (Wildman–Crippen MR) is 74.4 cm³/mol. The Bertz CT molecular complexity index is 397. The normalized spacial score (nSPS) is 25.9. The number of ether oxygens (including phenoxy) is 3. The molecule has 1 saturated carbocycles. The summed E-state index contributed by atoms with van der Waals surface area (Å²) < 4.78 is 16.6. The molecule has 3 unspecified atom stereocenters. The van der Waals surface area contributed by atoms with Gasteiger partial charge >= 0.3 is 0 Å². The maximum Gasteiger partial charge on any atom is 0.128 e. The largest absolute Gasteiger partial charge is 0.488 e. The van der Waals surface area contributed by atoms with Crippen LogP contribution in [0.3, 0.4) is 0 Å². The zero-order chi connectivity index (χ0) is 13.7. The number of hydrogen-bond acceptors (Lipinski definition) is 4. The van der Waals surface area contributed by atoms with E-state index < -0.39 is 0 Å². The van der Waals surface area contributed by atoms with Gasteiger partial charge in [0.1, 0.15) is 18.0 Å². The number of hydrogen-bond donors (Lipinski definition) is 1. The fourth-order valence-corrected chi connectivity index (χ4v) is 2.24. The molecule has 1 aromatic carbocycles. The smallest absolute Gasteiger partial charge is 0.128 e. The third-order valence-corrected chi connectivity index (χ3v) is 3.48. The summed E-state index contributed by atoms with van der Waals surface area (Å²) in [6, 6.07) is 8.25. The number of nitrogens with two attached hydrogens (primary N) is 1. The Kier molecular flexibility index (Phi) is 5.19. The first-order chi connectivity index (χ1) is 9.24. The molecule has 0 saturated heterocycles. The second-order valence-electron chi connectivity index (χ2n) is 4.89. The fourth-order valence-electron chi connectivity index (χ4n) is 2.24. The summed E-state index contributed by atoms with van der Waals surface area (Å²) in [5, 5.41) is 0. The molecule has 1 aliphatic rings. The monoisotopic (exact) mass is 265 g/mol. The first-order valence-electron chi connectivity index (χ1n) is 6.86. The van der Waals surface area contributed by atoms with Gasteiger partial charge in [-0.25, -0.2) is 0 Å². The van der Waals surface area contributed by atoms with Gasteiger partial charge in [-0.3, -0.25) is 0 Å². The predicted octanol–water partition coefficient (Wildman–Crippen LogP) is 1.76. The highest BCUT2D eigenvalue weighted by atomic mass is 16.6. The molecule has 1 aromatic rings. The van der Waals surface area contributed by atoms with Crippen molar-refractivity contribution in [2.24, 2.45) is 5.73 Å². The van der Waals surface area contributed by atoms with Crippen molar-refractivity contribution in [3.8, 4) is 5.75 Å². The summed E-state index contributed by atoms with van der Waals surface area (Å²) in [6.07, 6.45) is 1.88. The lowest BCUT2D eigenvalue weighted by atomic mass is 9.86. The maximum atomic E-state index is 5.96. The van der Waals surface area contributed by atoms with Gasteiger partial charge in [-0.1, -0.05) is 19.1 Å². The van der Waals surface area contributed by atoms with E-state index in [0.29, 0.717) is 13.2 Å². The minimum absolute atomic E-state index is 0.0274. The molecule has 0 bridgehead atoms. The molecule has 0 aliphatic heterocycles. The summed E-state index contributed by atoms with van der Waals surface area (Å²) in [7, 11) is 1.66. The van der Waals surface area contributed by atoms with Crippen LogP contribution in [0, 0.1) is 0 Å². The average Bonchev–Trinajstić information content (AvgIpc) is 2.43. The van der Waals surface area contributed by atoms with Crippen LogP contribution in [0.4, 0.5) is 0 Å². The van der Waals surface area contributed by atoms with Crippen LogP contribution in [0.2, 0.25) is 0 Å². The number of benzene rings is 1.